The lowest BCUT2D eigenvalue weighted by Gasteiger charge is -2.35. The number of carbonyl (C=O) groups is 2. The molecule has 1 aromatic carbocycles. The number of carbonyl (C=O) groups excluding carboxylic acids is 2. The van der Waals surface area contributed by atoms with Crippen LogP contribution in [0.5, 0.6) is 0 Å². The van der Waals surface area contributed by atoms with Crippen LogP contribution in [0, 0.1) is 12.8 Å². The van der Waals surface area contributed by atoms with E-state index in [0.717, 1.165) is 5.56 Å². The summed E-state index contributed by atoms with van der Waals surface area (Å²) in [5.41, 5.74) is 1.60. The van der Waals surface area contributed by atoms with Gasteiger partial charge in [-0.2, -0.15) is 0 Å². The molecule has 1 N–H and O–H groups in total. The van der Waals surface area contributed by atoms with Gasteiger partial charge in [0.05, 0.1) is 12.7 Å². The molecule has 2 rings (SSSR count). The monoisotopic (exact) mass is 318 g/mol. The van der Waals surface area contributed by atoms with Crippen molar-refractivity contribution < 1.29 is 14.3 Å². The Balaban J connectivity index is 2.09. The van der Waals surface area contributed by atoms with E-state index < -0.39 is 6.04 Å². The zero-order chi connectivity index (χ0) is 17.0. The van der Waals surface area contributed by atoms with Crippen LogP contribution in [0.25, 0.3) is 0 Å². The highest BCUT2D eigenvalue weighted by molar-refractivity contribution is 5.97. The third-order valence-corrected chi connectivity index (χ3v) is 4.05. The maximum absolute atomic E-state index is 12.8. The Kier molecular flexibility index (Phi) is 5.77. The smallest absolute Gasteiger partial charge is 0.251 e. The summed E-state index contributed by atoms with van der Waals surface area (Å²) in [7, 11) is 0. The van der Waals surface area contributed by atoms with E-state index >= 15 is 0 Å². The Morgan fingerprint density at radius 3 is 2.70 bits per heavy atom. The number of morpholine rings is 1. The minimum absolute atomic E-state index is 0.0226. The average Bonchev–Trinajstić information content (AvgIpc) is 2.51. The second-order valence-electron chi connectivity index (χ2n) is 6.53. The van der Waals surface area contributed by atoms with E-state index in [0.29, 0.717) is 25.3 Å². The van der Waals surface area contributed by atoms with Crippen LogP contribution in [-0.4, -0.2) is 48.6 Å². The van der Waals surface area contributed by atoms with E-state index in [9.17, 15) is 9.59 Å². The molecule has 2 atom stereocenters. The van der Waals surface area contributed by atoms with Crippen molar-refractivity contribution in [3.63, 3.8) is 0 Å². The molecule has 0 saturated carbocycles. The van der Waals surface area contributed by atoms with Crippen LogP contribution in [0.2, 0.25) is 0 Å². The molecule has 1 heterocycles. The molecule has 0 aliphatic carbocycles. The molecule has 1 aromatic rings. The fraction of sp³-hybridized carbons (Fsp3) is 0.556. The van der Waals surface area contributed by atoms with Gasteiger partial charge in [-0.25, -0.2) is 0 Å². The highest BCUT2D eigenvalue weighted by atomic mass is 16.5. The summed E-state index contributed by atoms with van der Waals surface area (Å²) in [6.07, 6.45) is 0.0352. The first-order chi connectivity index (χ1) is 10.9. The summed E-state index contributed by atoms with van der Waals surface area (Å²) in [6, 6.07) is 6.86. The largest absolute Gasteiger partial charge is 0.375 e. The van der Waals surface area contributed by atoms with E-state index in [1.165, 1.54) is 0 Å². The number of hydrogen-bond donors (Lipinski definition) is 1. The summed E-state index contributed by atoms with van der Waals surface area (Å²) in [4.78, 5) is 27.0. The third-order valence-electron chi connectivity index (χ3n) is 4.05. The lowest BCUT2D eigenvalue weighted by molar-refractivity contribution is -0.141. The van der Waals surface area contributed by atoms with E-state index in [4.69, 9.17) is 4.74 Å². The standard InChI is InChI=1S/C18H26N2O3/c1-12(2)16(18(22)20-8-9-23-14(4)11-20)19-17(21)15-7-5-6-13(3)10-15/h5-7,10,12,14,16H,8-9,11H2,1-4H3,(H,19,21). The van der Waals surface area contributed by atoms with Gasteiger partial charge in [-0.05, 0) is 31.9 Å². The van der Waals surface area contributed by atoms with Crippen LogP contribution < -0.4 is 5.32 Å². The normalized spacial score (nSPS) is 19.5. The molecule has 0 bridgehead atoms. The molecular weight excluding hydrogens is 292 g/mol. The first-order valence-corrected chi connectivity index (χ1v) is 8.16. The minimum atomic E-state index is -0.520. The lowest BCUT2D eigenvalue weighted by atomic mass is 10.0. The predicted molar refractivity (Wildman–Crippen MR) is 89.3 cm³/mol. The number of nitrogens with one attached hydrogen (secondary N) is 1. The van der Waals surface area contributed by atoms with Crippen molar-refractivity contribution in [3.8, 4) is 0 Å². The fourth-order valence-corrected chi connectivity index (χ4v) is 2.74. The molecule has 1 aliphatic heterocycles. The Morgan fingerprint density at radius 1 is 1.35 bits per heavy atom. The third kappa shape index (κ3) is 4.55. The molecule has 5 heteroatoms. The van der Waals surface area contributed by atoms with Gasteiger partial charge in [0.2, 0.25) is 5.91 Å². The van der Waals surface area contributed by atoms with E-state index in [1.807, 2.05) is 45.9 Å². The highest BCUT2D eigenvalue weighted by Gasteiger charge is 2.31. The molecule has 2 unspecified atom stereocenters. The molecular formula is C18H26N2O3. The SMILES string of the molecule is Cc1cccc(C(=O)NC(C(=O)N2CCOC(C)C2)C(C)C)c1. The Bertz CT molecular complexity index is 571. The molecule has 1 aliphatic rings. The summed E-state index contributed by atoms with van der Waals surface area (Å²) in [6.45, 7) is 9.48. The first kappa shape index (κ1) is 17.5. The quantitative estimate of drug-likeness (QED) is 0.924. The molecule has 1 fully saturated rings. The lowest BCUT2D eigenvalue weighted by Crippen LogP contribution is -2.55. The van der Waals surface area contributed by atoms with Gasteiger partial charge < -0.3 is 15.0 Å². The number of rotatable bonds is 4. The molecule has 126 valence electrons. The maximum Gasteiger partial charge on any atom is 0.251 e. The van der Waals surface area contributed by atoms with Crippen LogP contribution in [0.4, 0.5) is 0 Å². The predicted octanol–water partition coefficient (Wildman–Crippen LogP) is 2.00. The number of aryl methyl sites for hydroxylation is 1. The Morgan fingerprint density at radius 2 is 2.09 bits per heavy atom. The van der Waals surface area contributed by atoms with Crippen LogP contribution in [0.3, 0.4) is 0 Å². The molecule has 2 amide bonds. The Hall–Kier alpha value is -1.88. The van der Waals surface area contributed by atoms with Crippen molar-refractivity contribution in [1.82, 2.24) is 10.2 Å². The van der Waals surface area contributed by atoms with E-state index in [-0.39, 0.29) is 23.8 Å². The number of ether oxygens (including phenoxy) is 1. The summed E-state index contributed by atoms with van der Waals surface area (Å²) >= 11 is 0. The summed E-state index contributed by atoms with van der Waals surface area (Å²) in [5.74, 6) is -0.215. The van der Waals surface area contributed by atoms with Gasteiger partial charge >= 0.3 is 0 Å². The average molecular weight is 318 g/mol. The van der Waals surface area contributed by atoms with Gasteiger partial charge in [0.25, 0.3) is 5.91 Å². The van der Waals surface area contributed by atoms with Crippen molar-refractivity contribution in [3.05, 3.63) is 35.4 Å². The van der Waals surface area contributed by atoms with E-state index in [2.05, 4.69) is 5.32 Å². The minimum Gasteiger partial charge on any atom is -0.375 e. The number of benzene rings is 1. The van der Waals surface area contributed by atoms with Gasteiger partial charge in [0, 0.05) is 18.7 Å². The second-order valence-corrected chi connectivity index (χ2v) is 6.53. The van der Waals surface area contributed by atoms with Crippen molar-refractivity contribution in [2.75, 3.05) is 19.7 Å². The van der Waals surface area contributed by atoms with Crippen LogP contribution in [-0.2, 0) is 9.53 Å². The van der Waals surface area contributed by atoms with Crippen LogP contribution in [0.1, 0.15) is 36.7 Å². The molecule has 1 saturated heterocycles. The maximum atomic E-state index is 12.8. The van der Waals surface area contributed by atoms with Crippen molar-refractivity contribution in [1.29, 1.82) is 0 Å². The summed E-state index contributed by atoms with van der Waals surface area (Å²) in [5, 5.41) is 2.90. The van der Waals surface area contributed by atoms with Gasteiger partial charge in [0.15, 0.2) is 0 Å². The van der Waals surface area contributed by atoms with Gasteiger partial charge in [-0.3, -0.25) is 9.59 Å². The highest BCUT2D eigenvalue weighted by Crippen LogP contribution is 2.12. The van der Waals surface area contributed by atoms with Crippen molar-refractivity contribution in [2.24, 2.45) is 5.92 Å². The topological polar surface area (TPSA) is 58.6 Å². The van der Waals surface area contributed by atoms with Gasteiger partial charge in [0.1, 0.15) is 6.04 Å². The molecule has 0 spiro atoms. The number of hydrogen-bond acceptors (Lipinski definition) is 3. The molecule has 5 nitrogen and oxygen atoms in total. The molecule has 0 radical (unpaired) electrons. The van der Waals surface area contributed by atoms with Crippen LogP contribution in [0.15, 0.2) is 24.3 Å². The van der Waals surface area contributed by atoms with Gasteiger partial charge in [-0.15, -0.1) is 0 Å². The zero-order valence-electron chi connectivity index (χ0n) is 14.3. The molecule has 0 aromatic heterocycles. The van der Waals surface area contributed by atoms with Crippen molar-refractivity contribution >= 4 is 11.8 Å². The fourth-order valence-electron chi connectivity index (χ4n) is 2.74. The zero-order valence-corrected chi connectivity index (χ0v) is 14.3. The molecule has 23 heavy (non-hydrogen) atoms. The number of amides is 2. The van der Waals surface area contributed by atoms with E-state index in [1.54, 1.807) is 11.0 Å². The first-order valence-electron chi connectivity index (χ1n) is 8.16. The van der Waals surface area contributed by atoms with Crippen molar-refractivity contribution in [2.45, 2.75) is 39.8 Å². The Labute approximate surface area is 138 Å². The number of nitrogens with zero attached hydrogens (tertiary/aromatic N) is 1. The summed E-state index contributed by atoms with van der Waals surface area (Å²) < 4.78 is 5.48. The second kappa shape index (κ2) is 7.59. The van der Waals surface area contributed by atoms with Gasteiger partial charge in [-0.1, -0.05) is 31.5 Å². The van der Waals surface area contributed by atoms with Crippen LogP contribution >= 0.6 is 0 Å².